The molecule has 0 unspecified atom stereocenters. The number of nitrogens with zero attached hydrogens (tertiary/aromatic N) is 2. The van der Waals surface area contributed by atoms with Crippen molar-refractivity contribution in [2.24, 2.45) is 10.1 Å². The molecule has 4 aromatic carbocycles. The fraction of sp³-hybridized carbons (Fsp3) is 0.120. The van der Waals surface area contributed by atoms with E-state index in [1.54, 1.807) is 19.2 Å². The molecule has 1 N–H and O–H groups in total. The van der Waals surface area contributed by atoms with E-state index in [1.165, 1.54) is 0 Å². The van der Waals surface area contributed by atoms with Gasteiger partial charge in [0.2, 0.25) is 0 Å². The predicted octanol–water partition coefficient (Wildman–Crippen LogP) is 6.65. The predicted molar refractivity (Wildman–Crippen MR) is 131 cm³/mol. The fourth-order valence-electron chi connectivity index (χ4n) is 4.86. The van der Waals surface area contributed by atoms with Crippen LogP contribution in [0.2, 0.25) is 0 Å². The van der Waals surface area contributed by atoms with Crippen molar-refractivity contribution in [2.75, 3.05) is 12.5 Å². The molecule has 0 aliphatic carbocycles. The molecule has 0 atom stereocenters. The molecule has 6 rings (SSSR count). The maximum absolute atomic E-state index is 14.4. The van der Waals surface area contributed by atoms with Crippen molar-refractivity contribution in [3.63, 3.8) is 0 Å². The molecular formula is C25H17F2N3S2. The number of halogens is 2. The molecule has 7 heteroatoms. The van der Waals surface area contributed by atoms with E-state index in [2.05, 4.69) is 10.4 Å². The highest BCUT2D eigenvalue weighted by molar-refractivity contribution is 7.19. The smallest absolute Gasteiger partial charge is 0.177 e. The third-order valence-electron chi connectivity index (χ3n) is 6.14. The molecule has 0 amide bonds. The van der Waals surface area contributed by atoms with Crippen LogP contribution in [0.4, 0.5) is 14.5 Å². The zero-order valence-electron chi connectivity index (χ0n) is 17.5. The highest BCUT2D eigenvalue weighted by atomic mass is 32.1. The molecule has 0 spiro atoms. The van der Waals surface area contributed by atoms with Crippen molar-refractivity contribution in [2.45, 2.75) is 13.8 Å². The Balaban J connectivity index is 1.84. The quantitative estimate of drug-likeness (QED) is 0.288. The average molecular weight is 462 g/mol. The summed E-state index contributed by atoms with van der Waals surface area (Å²) in [7, 11) is 1.73. The topological polar surface area (TPSA) is 36.8 Å². The highest BCUT2D eigenvalue weighted by Crippen LogP contribution is 2.42. The second-order valence-electron chi connectivity index (χ2n) is 7.85. The molecule has 3 nitrogen and oxygen atoms in total. The number of aryl methyl sites for hydroxylation is 2. The van der Waals surface area contributed by atoms with Gasteiger partial charge in [0.15, 0.2) is 10.3 Å². The van der Waals surface area contributed by atoms with Crippen LogP contribution in [0.5, 0.6) is 0 Å². The van der Waals surface area contributed by atoms with Crippen LogP contribution in [0.3, 0.4) is 0 Å². The van der Waals surface area contributed by atoms with Gasteiger partial charge < -0.3 is 0 Å². The first kappa shape index (κ1) is 19.5. The summed E-state index contributed by atoms with van der Waals surface area (Å²) in [5.41, 5.74) is 6.02. The van der Waals surface area contributed by atoms with Crippen LogP contribution in [0.1, 0.15) is 11.1 Å². The fourth-order valence-corrected chi connectivity index (χ4v) is 6.84. The number of hydrogen-bond donors (Lipinski definition) is 1. The number of anilines is 1. The summed E-state index contributed by atoms with van der Waals surface area (Å²) in [5, 5.41) is 11.4. The molecule has 0 saturated carbocycles. The summed E-state index contributed by atoms with van der Waals surface area (Å²) in [5.74, 6) is 0. The third-order valence-corrected chi connectivity index (χ3v) is 8.02. The normalized spacial score (nSPS) is 13.5. The minimum atomic E-state index is -0.240. The Hall–Kier alpha value is -3.16. The summed E-state index contributed by atoms with van der Waals surface area (Å²) in [6.07, 6.45) is 0. The van der Waals surface area contributed by atoms with Gasteiger partial charge in [-0.1, -0.05) is 18.2 Å². The molecule has 2 aromatic heterocycles. The van der Waals surface area contributed by atoms with Gasteiger partial charge in [-0.2, -0.15) is 13.9 Å². The van der Waals surface area contributed by atoms with Gasteiger partial charge in [-0.3, -0.25) is 10.4 Å². The number of fused-ring (bicyclic) bond motifs is 6. The third kappa shape index (κ3) is 2.55. The van der Waals surface area contributed by atoms with Gasteiger partial charge in [-0.25, -0.2) is 0 Å². The maximum atomic E-state index is 14.4. The largest absolute Gasteiger partial charge is 0.287 e. The minimum Gasteiger partial charge on any atom is -0.287 e. The van der Waals surface area contributed by atoms with Crippen LogP contribution < -0.4 is 16.1 Å². The van der Waals surface area contributed by atoms with Gasteiger partial charge in [0.1, 0.15) is 5.36 Å². The number of hydrogen-bond acceptors (Lipinski definition) is 5. The van der Waals surface area contributed by atoms with Crippen molar-refractivity contribution in [3.05, 3.63) is 74.6 Å². The van der Waals surface area contributed by atoms with Crippen molar-refractivity contribution < 1.29 is 8.78 Å². The van der Waals surface area contributed by atoms with E-state index in [-0.39, 0.29) is 10.3 Å². The van der Waals surface area contributed by atoms with E-state index < -0.39 is 0 Å². The molecule has 0 fully saturated rings. The molecule has 0 saturated heterocycles. The van der Waals surface area contributed by atoms with Crippen LogP contribution >= 0.6 is 22.7 Å². The first-order valence-corrected chi connectivity index (χ1v) is 11.8. The lowest BCUT2D eigenvalue weighted by atomic mass is 9.98. The molecule has 0 radical (unpaired) electrons. The molecule has 0 aliphatic heterocycles. The maximum Gasteiger partial charge on any atom is 0.177 e. The Labute approximate surface area is 189 Å². The number of rotatable bonds is 2. The highest BCUT2D eigenvalue weighted by Gasteiger charge is 2.24. The molecule has 6 aromatic rings. The number of nitrogens with one attached hydrogen (secondary N) is 1. The Morgan fingerprint density at radius 2 is 1.28 bits per heavy atom. The molecule has 158 valence electrons. The van der Waals surface area contributed by atoms with E-state index in [4.69, 9.17) is 5.10 Å². The van der Waals surface area contributed by atoms with Crippen molar-refractivity contribution in [3.8, 4) is 0 Å². The van der Waals surface area contributed by atoms with Gasteiger partial charge >= 0.3 is 0 Å². The standard InChI is InChI=1S/C25H17F2N3S2/c1-11-18-20(24-14(22(18)28-3)9-16(26)31-24)12(2)19-21(11)25-15(10-17(27)32-25)23(19)30-29-13-7-5-4-6-8-13/h4-10,29H,1-3H3/b28-22?,30-23+. The Morgan fingerprint density at radius 3 is 1.84 bits per heavy atom. The lowest BCUT2D eigenvalue weighted by Gasteiger charge is -2.07. The van der Waals surface area contributed by atoms with Gasteiger partial charge in [0.05, 0.1) is 11.0 Å². The summed E-state index contributed by atoms with van der Waals surface area (Å²) >= 11 is 2.28. The number of benzene rings is 2. The number of thiophene rings is 2. The molecule has 32 heavy (non-hydrogen) atoms. The molecular weight excluding hydrogens is 444 g/mol. The molecule has 2 heterocycles. The average Bonchev–Trinajstić information content (AvgIpc) is 3.48. The summed E-state index contributed by atoms with van der Waals surface area (Å²) in [4.78, 5) is 4.51. The summed E-state index contributed by atoms with van der Waals surface area (Å²) in [6, 6.07) is 12.8. The lowest BCUT2D eigenvalue weighted by molar-refractivity contribution is 0.658. The summed E-state index contributed by atoms with van der Waals surface area (Å²) < 4.78 is 30.4. The van der Waals surface area contributed by atoms with Gasteiger partial charge in [-0.15, -0.1) is 22.7 Å². The Morgan fingerprint density at radius 1 is 0.750 bits per heavy atom. The van der Waals surface area contributed by atoms with Gasteiger partial charge in [-0.05, 0) is 49.2 Å². The van der Waals surface area contributed by atoms with Crippen LogP contribution in [-0.4, -0.2) is 7.05 Å². The second kappa shape index (κ2) is 6.92. The van der Waals surface area contributed by atoms with Crippen LogP contribution in [0.15, 0.2) is 52.6 Å². The van der Waals surface area contributed by atoms with E-state index in [0.29, 0.717) is 5.36 Å². The Kier molecular flexibility index (Phi) is 4.22. The van der Waals surface area contributed by atoms with Crippen molar-refractivity contribution in [1.29, 1.82) is 0 Å². The van der Waals surface area contributed by atoms with Crippen molar-refractivity contribution >= 4 is 70.1 Å². The zero-order chi connectivity index (χ0) is 22.1. The monoisotopic (exact) mass is 461 g/mol. The van der Waals surface area contributed by atoms with E-state index in [0.717, 1.165) is 86.6 Å². The van der Waals surface area contributed by atoms with Crippen molar-refractivity contribution in [1.82, 2.24) is 0 Å². The SMILES string of the molecule is CN=c1c2cc(F)sc2c2c(C)c3/c(=N/Nc4ccccc4)c4cc(F)sc4c3c(C)c12. The van der Waals surface area contributed by atoms with Gasteiger partial charge in [0.25, 0.3) is 0 Å². The van der Waals surface area contributed by atoms with E-state index in [1.807, 2.05) is 44.2 Å². The van der Waals surface area contributed by atoms with Gasteiger partial charge in [0, 0.05) is 48.8 Å². The van der Waals surface area contributed by atoms with Crippen LogP contribution in [0, 0.1) is 24.1 Å². The molecule has 0 bridgehead atoms. The first-order chi connectivity index (χ1) is 15.5. The second-order valence-corrected chi connectivity index (χ2v) is 9.85. The molecule has 0 aliphatic rings. The van der Waals surface area contributed by atoms with Crippen LogP contribution in [0.25, 0.3) is 41.7 Å². The number of para-hydroxylation sites is 1. The van der Waals surface area contributed by atoms with E-state index >= 15 is 0 Å². The Bertz CT molecular complexity index is 1800. The summed E-state index contributed by atoms with van der Waals surface area (Å²) in [6.45, 7) is 4.09. The van der Waals surface area contributed by atoms with Crippen LogP contribution in [-0.2, 0) is 0 Å². The first-order valence-electron chi connectivity index (χ1n) is 10.1. The zero-order valence-corrected chi connectivity index (χ0v) is 19.1. The minimum absolute atomic E-state index is 0.222. The van der Waals surface area contributed by atoms with E-state index in [9.17, 15) is 8.78 Å². The lowest BCUT2D eigenvalue weighted by Crippen LogP contribution is -2.06.